The molecule has 0 aromatic carbocycles. The summed E-state index contributed by atoms with van der Waals surface area (Å²) in [6.45, 7) is 0. The van der Waals surface area contributed by atoms with Gasteiger partial charge in [-0.2, -0.15) is 0 Å². The van der Waals surface area contributed by atoms with Crippen LogP contribution in [0, 0.1) is 17.8 Å². The summed E-state index contributed by atoms with van der Waals surface area (Å²) in [4.78, 5) is 8.90. The summed E-state index contributed by atoms with van der Waals surface area (Å²) in [5.41, 5.74) is 1.07. The number of aromatic nitrogens is 2. The van der Waals surface area contributed by atoms with Crippen LogP contribution in [-0.2, 0) is 6.42 Å². The molecule has 3 nitrogen and oxygen atoms in total. The first kappa shape index (κ1) is 13.3. The maximum atomic E-state index is 5.14. The highest BCUT2D eigenvalue weighted by Crippen LogP contribution is 2.50. The van der Waals surface area contributed by atoms with Crippen molar-refractivity contribution >= 4 is 15.9 Å². The summed E-state index contributed by atoms with van der Waals surface area (Å²) in [6.07, 6.45) is 9.74. The van der Waals surface area contributed by atoms with Crippen molar-refractivity contribution in [2.75, 3.05) is 7.11 Å². The van der Waals surface area contributed by atoms with Crippen molar-refractivity contribution in [3.05, 3.63) is 18.1 Å². The van der Waals surface area contributed by atoms with Gasteiger partial charge in [0.05, 0.1) is 7.11 Å². The second-order valence-corrected chi connectivity index (χ2v) is 7.32. The van der Waals surface area contributed by atoms with Crippen molar-refractivity contribution in [1.29, 1.82) is 0 Å². The second-order valence-electron chi connectivity index (χ2n) is 6.02. The third-order valence-corrected chi connectivity index (χ3v) is 5.48. The Morgan fingerprint density at radius 2 is 2.26 bits per heavy atom. The highest BCUT2D eigenvalue weighted by Gasteiger charge is 2.39. The molecule has 0 spiro atoms. The van der Waals surface area contributed by atoms with Gasteiger partial charge in [0.2, 0.25) is 5.88 Å². The SMILES string of the molecule is COc1cc(CC(Br)CC2CC3CCC2C3)ncn1. The highest BCUT2D eigenvalue weighted by atomic mass is 79.9. The zero-order chi connectivity index (χ0) is 13.2. The number of fused-ring (bicyclic) bond motifs is 2. The van der Waals surface area contributed by atoms with Crippen LogP contribution >= 0.6 is 15.9 Å². The first-order valence-corrected chi connectivity index (χ1v) is 8.15. The fourth-order valence-corrected chi connectivity index (χ4v) is 4.72. The maximum absolute atomic E-state index is 5.14. The Morgan fingerprint density at radius 1 is 1.37 bits per heavy atom. The van der Waals surface area contributed by atoms with Crippen LogP contribution in [0.1, 0.15) is 37.8 Å². The van der Waals surface area contributed by atoms with E-state index in [9.17, 15) is 0 Å². The van der Waals surface area contributed by atoms with Gasteiger partial charge in [0, 0.05) is 23.0 Å². The number of hydrogen-bond acceptors (Lipinski definition) is 3. The van der Waals surface area contributed by atoms with Gasteiger partial charge in [0.15, 0.2) is 0 Å². The predicted octanol–water partition coefficient (Wildman–Crippen LogP) is 3.62. The van der Waals surface area contributed by atoms with E-state index in [1.54, 1.807) is 13.4 Å². The molecule has 4 unspecified atom stereocenters. The molecule has 0 saturated heterocycles. The van der Waals surface area contributed by atoms with Crippen LogP contribution in [0.25, 0.3) is 0 Å². The molecule has 0 N–H and O–H groups in total. The number of rotatable bonds is 5. The molecule has 0 aliphatic heterocycles. The first-order valence-electron chi connectivity index (χ1n) is 7.23. The van der Waals surface area contributed by atoms with Gasteiger partial charge < -0.3 is 4.74 Å². The number of hydrogen-bond donors (Lipinski definition) is 0. The highest BCUT2D eigenvalue weighted by molar-refractivity contribution is 9.09. The van der Waals surface area contributed by atoms with Crippen LogP contribution < -0.4 is 4.74 Å². The lowest BCUT2D eigenvalue weighted by Crippen LogP contribution is -2.17. The first-order chi connectivity index (χ1) is 9.24. The van der Waals surface area contributed by atoms with Crippen molar-refractivity contribution in [1.82, 2.24) is 9.97 Å². The molecular weight excluding hydrogens is 304 g/mol. The quantitative estimate of drug-likeness (QED) is 0.776. The fourth-order valence-electron chi connectivity index (χ4n) is 3.90. The summed E-state index contributed by atoms with van der Waals surface area (Å²) in [6, 6.07) is 1.94. The third-order valence-electron chi connectivity index (χ3n) is 4.78. The number of halogens is 1. The minimum absolute atomic E-state index is 0.524. The minimum Gasteiger partial charge on any atom is -0.481 e. The molecule has 4 atom stereocenters. The maximum Gasteiger partial charge on any atom is 0.216 e. The molecule has 1 heterocycles. The topological polar surface area (TPSA) is 35.0 Å². The molecule has 2 aliphatic rings. The molecule has 2 fully saturated rings. The smallest absolute Gasteiger partial charge is 0.216 e. The molecule has 4 heteroatoms. The Bertz CT molecular complexity index is 440. The van der Waals surface area contributed by atoms with Crippen molar-refractivity contribution in [2.45, 2.75) is 43.4 Å². The van der Waals surface area contributed by atoms with Crippen LogP contribution in [0.3, 0.4) is 0 Å². The Kier molecular flexibility index (Phi) is 4.06. The van der Waals surface area contributed by atoms with E-state index in [1.165, 1.54) is 32.1 Å². The van der Waals surface area contributed by atoms with Gasteiger partial charge >= 0.3 is 0 Å². The van der Waals surface area contributed by atoms with Crippen LogP contribution in [0.4, 0.5) is 0 Å². The Labute approximate surface area is 123 Å². The van der Waals surface area contributed by atoms with Crippen molar-refractivity contribution in [3.63, 3.8) is 0 Å². The molecule has 2 saturated carbocycles. The lowest BCUT2D eigenvalue weighted by Gasteiger charge is -2.23. The molecule has 0 radical (unpaired) electrons. The van der Waals surface area contributed by atoms with Gasteiger partial charge in [-0.15, -0.1) is 0 Å². The largest absolute Gasteiger partial charge is 0.481 e. The molecule has 1 aromatic rings. The summed E-state index contributed by atoms with van der Waals surface area (Å²) in [5.74, 6) is 3.63. The summed E-state index contributed by atoms with van der Waals surface area (Å²) >= 11 is 3.84. The van der Waals surface area contributed by atoms with E-state index < -0.39 is 0 Å². The van der Waals surface area contributed by atoms with Crippen LogP contribution in [0.5, 0.6) is 5.88 Å². The van der Waals surface area contributed by atoms with Gasteiger partial charge in [-0.1, -0.05) is 22.4 Å². The number of nitrogens with zero attached hydrogens (tertiary/aromatic N) is 2. The van der Waals surface area contributed by atoms with Gasteiger partial charge in [0.25, 0.3) is 0 Å². The van der Waals surface area contributed by atoms with Crippen molar-refractivity contribution < 1.29 is 4.74 Å². The van der Waals surface area contributed by atoms with Gasteiger partial charge in [-0.05, 0) is 43.4 Å². The molecule has 19 heavy (non-hydrogen) atoms. The molecular formula is C15H21BrN2O. The van der Waals surface area contributed by atoms with Crippen LogP contribution in [0.2, 0.25) is 0 Å². The standard InChI is InChI=1S/C15H21BrN2O/c1-19-15-8-14(17-9-18-15)7-13(16)6-12-5-10-2-3-11(12)4-10/h8-13H,2-7H2,1H3. The molecule has 0 amide bonds. The van der Waals surface area contributed by atoms with Crippen molar-refractivity contribution in [3.8, 4) is 5.88 Å². The zero-order valence-electron chi connectivity index (χ0n) is 11.4. The monoisotopic (exact) mass is 324 g/mol. The lowest BCUT2D eigenvalue weighted by atomic mass is 9.85. The Balaban J connectivity index is 1.54. The van der Waals surface area contributed by atoms with E-state index >= 15 is 0 Å². The van der Waals surface area contributed by atoms with E-state index in [-0.39, 0.29) is 0 Å². The summed E-state index contributed by atoms with van der Waals surface area (Å²) < 4.78 is 5.14. The lowest BCUT2D eigenvalue weighted by molar-refractivity contribution is 0.312. The second kappa shape index (κ2) is 5.78. The number of ether oxygens (including phenoxy) is 1. The van der Waals surface area contributed by atoms with E-state index in [4.69, 9.17) is 4.74 Å². The molecule has 2 bridgehead atoms. The average molecular weight is 325 g/mol. The summed E-state index contributed by atoms with van der Waals surface area (Å²) in [7, 11) is 1.65. The van der Waals surface area contributed by atoms with Crippen LogP contribution in [-0.4, -0.2) is 21.9 Å². The molecule has 2 aliphatic carbocycles. The summed E-state index contributed by atoms with van der Waals surface area (Å²) in [5, 5.41) is 0. The van der Waals surface area contributed by atoms with Crippen molar-refractivity contribution in [2.24, 2.45) is 17.8 Å². The van der Waals surface area contributed by atoms with Gasteiger partial charge in [0.1, 0.15) is 6.33 Å². The predicted molar refractivity (Wildman–Crippen MR) is 78.6 cm³/mol. The van der Waals surface area contributed by atoms with E-state index in [1.807, 2.05) is 6.07 Å². The minimum atomic E-state index is 0.524. The average Bonchev–Trinajstić information content (AvgIpc) is 3.01. The Morgan fingerprint density at radius 3 is 2.95 bits per heavy atom. The third kappa shape index (κ3) is 3.10. The van der Waals surface area contributed by atoms with E-state index in [0.717, 1.165) is 29.9 Å². The number of alkyl halides is 1. The normalized spacial score (nSPS) is 30.5. The molecule has 3 rings (SSSR count). The Hall–Kier alpha value is -0.640. The zero-order valence-corrected chi connectivity index (χ0v) is 13.0. The van der Waals surface area contributed by atoms with Crippen LogP contribution in [0.15, 0.2) is 12.4 Å². The van der Waals surface area contributed by atoms with E-state index in [0.29, 0.717) is 10.7 Å². The van der Waals surface area contributed by atoms with Gasteiger partial charge in [-0.25, -0.2) is 9.97 Å². The van der Waals surface area contributed by atoms with Gasteiger partial charge in [-0.3, -0.25) is 0 Å². The molecule has 1 aromatic heterocycles. The number of methoxy groups -OCH3 is 1. The molecule has 104 valence electrons. The fraction of sp³-hybridized carbons (Fsp3) is 0.733. The van der Waals surface area contributed by atoms with E-state index in [2.05, 4.69) is 25.9 Å².